The summed E-state index contributed by atoms with van der Waals surface area (Å²) in [7, 11) is -0.977. The van der Waals surface area contributed by atoms with Gasteiger partial charge in [-0.3, -0.25) is 0 Å². The van der Waals surface area contributed by atoms with Crippen molar-refractivity contribution in [2.45, 2.75) is 6.54 Å². The van der Waals surface area contributed by atoms with E-state index in [0.717, 1.165) is 39.3 Å². The molecule has 30 heavy (non-hydrogen) atoms. The first-order valence-electron chi connectivity index (χ1n) is 9.49. The van der Waals surface area contributed by atoms with Crippen molar-refractivity contribution >= 4 is 27.4 Å². The summed E-state index contributed by atoms with van der Waals surface area (Å²) in [6.07, 6.45) is 0. The minimum atomic E-state index is -2.59. The van der Waals surface area contributed by atoms with Gasteiger partial charge in [-0.25, -0.2) is 8.42 Å². The average Bonchev–Trinajstić information content (AvgIpc) is 3.10. The molecule has 6 heteroatoms. The lowest BCUT2D eigenvalue weighted by Crippen LogP contribution is -2.24. The Labute approximate surface area is 177 Å². The van der Waals surface area contributed by atoms with Crippen molar-refractivity contribution in [2.75, 3.05) is 17.9 Å². The molecular formula is C24H22NO4S. The van der Waals surface area contributed by atoms with Crippen LogP contribution in [-0.2, 0) is 17.2 Å². The topological polar surface area (TPSA) is 59.8 Å². The Bertz CT molecular complexity index is 1220. The van der Waals surface area contributed by atoms with Gasteiger partial charge < -0.3 is 14.1 Å². The number of hydrogen-bond donors (Lipinski definition) is 1. The van der Waals surface area contributed by atoms with E-state index in [1.807, 2.05) is 72.8 Å². The molecule has 4 aromatic rings. The van der Waals surface area contributed by atoms with E-state index in [1.165, 1.54) is 0 Å². The number of methoxy groups -OCH3 is 1. The third-order valence-corrected chi connectivity index (χ3v) is 5.57. The van der Waals surface area contributed by atoms with Crippen LogP contribution >= 0.6 is 0 Å². The smallest absolute Gasteiger partial charge is 0.158 e. The summed E-state index contributed by atoms with van der Waals surface area (Å²) >= 11 is 0. The molecule has 0 N–H and O–H groups in total. The fraction of sp³-hybridized carbons (Fsp3) is 0.125. The van der Waals surface area contributed by atoms with E-state index in [4.69, 9.17) is 9.15 Å². The van der Waals surface area contributed by atoms with Gasteiger partial charge in [-0.05, 0) is 36.8 Å². The molecule has 1 heterocycles. The molecule has 5 nitrogen and oxygen atoms in total. The Balaban J connectivity index is 1.70. The molecule has 0 aliphatic heterocycles. The maximum absolute atomic E-state index is 11.5. The summed E-state index contributed by atoms with van der Waals surface area (Å²) in [5.74, 6) is 1.39. The molecule has 0 bridgehead atoms. The van der Waals surface area contributed by atoms with Crippen molar-refractivity contribution in [1.82, 2.24) is 0 Å². The van der Waals surface area contributed by atoms with Crippen molar-refractivity contribution < 1.29 is 17.6 Å². The highest BCUT2D eigenvalue weighted by atomic mass is 32.2. The Morgan fingerprint density at radius 3 is 2.40 bits per heavy atom. The summed E-state index contributed by atoms with van der Waals surface area (Å²) in [5, 5.41) is 0.911. The number of benzene rings is 3. The van der Waals surface area contributed by atoms with Crippen molar-refractivity contribution in [1.29, 1.82) is 0 Å². The number of thiol groups is 1. The van der Waals surface area contributed by atoms with Gasteiger partial charge in [-0.15, -0.1) is 0 Å². The van der Waals surface area contributed by atoms with Gasteiger partial charge in [-0.2, -0.15) is 0 Å². The van der Waals surface area contributed by atoms with Gasteiger partial charge in [0.1, 0.15) is 23.0 Å². The van der Waals surface area contributed by atoms with Crippen molar-refractivity contribution in [3.05, 3.63) is 90.8 Å². The lowest BCUT2D eigenvalue weighted by molar-refractivity contribution is 0.414. The lowest BCUT2D eigenvalue weighted by Gasteiger charge is -2.22. The van der Waals surface area contributed by atoms with Crippen LogP contribution in [0.3, 0.4) is 0 Å². The van der Waals surface area contributed by atoms with E-state index in [1.54, 1.807) is 12.0 Å². The zero-order valence-electron chi connectivity index (χ0n) is 16.6. The number of nitrogens with zero attached hydrogens (tertiary/aromatic N) is 1. The van der Waals surface area contributed by atoms with Gasteiger partial charge in [0.05, 0.1) is 7.11 Å². The summed E-state index contributed by atoms with van der Waals surface area (Å²) in [6, 6.07) is 23.1. The molecule has 4 rings (SSSR count). The Hall–Kier alpha value is -3.25. The van der Waals surface area contributed by atoms with Gasteiger partial charge in [-0.1, -0.05) is 42.5 Å². The number of fused-ring (bicyclic) bond motifs is 1. The number of rotatable bonds is 7. The van der Waals surface area contributed by atoms with Crippen LogP contribution in [0.25, 0.3) is 22.3 Å². The van der Waals surface area contributed by atoms with Crippen LogP contribution in [0.5, 0.6) is 5.75 Å². The third-order valence-electron chi connectivity index (χ3n) is 5.00. The highest BCUT2D eigenvalue weighted by Gasteiger charge is 2.15. The molecule has 0 atom stereocenters. The van der Waals surface area contributed by atoms with Crippen molar-refractivity contribution in [2.24, 2.45) is 0 Å². The van der Waals surface area contributed by atoms with Crippen molar-refractivity contribution in [3.63, 3.8) is 0 Å². The van der Waals surface area contributed by atoms with Crippen LogP contribution in [0.15, 0.2) is 77.2 Å². The fourth-order valence-electron chi connectivity index (χ4n) is 3.47. The monoisotopic (exact) mass is 420 g/mol. The minimum absolute atomic E-state index is 0.0870. The SMILES string of the molecule is [CH2]c1c(-c2ccccc2)oc2cc(N(Cc3ccc(OC)cc3)C[SH](=O)=O)ccc12. The third kappa shape index (κ3) is 4.19. The molecule has 0 aliphatic carbocycles. The summed E-state index contributed by atoms with van der Waals surface area (Å²) in [5.41, 5.74) is 4.20. The normalized spacial score (nSPS) is 11.2. The van der Waals surface area contributed by atoms with E-state index >= 15 is 0 Å². The average molecular weight is 421 g/mol. The predicted octanol–water partition coefficient (Wildman–Crippen LogP) is 4.87. The fourth-order valence-corrected chi connectivity index (χ4v) is 4.01. The predicted molar refractivity (Wildman–Crippen MR) is 120 cm³/mol. The first kappa shape index (κ1) is 20.0. The lowest BCUT2D eigenvalue weighted by atomic mass is 10.1. The first-order chi connectivity index (χ1) is 14.5. The van der Waals surface area contributed by atoms with Crippen molar-refractivity contribution in [3.8, 4) is 17.1 Å². The van der Waals surface area contributed by atoms with E-state index < -0.39 is 10.7 Å². The molecule has 0 saturated carbocycles. The van der Waals surface area contributed by atoms with Gasteiger partial charge in [0.25, 0.3) is 0 Å². The summed E-state index contributed by atoms with van der Waals surface area (Å²) in [6.45, 7) is 4.62. The Morgan fingerprint density at radius 1 is 1.00 bits per heavy atom. The van der Waals surface area contributed by atoms with E-state index in [0.29, 0.717) is 12.1 Å². The van der Waals surface area contributed by atoms with Gasteiger partial charge in [0.15, 0.2) is 10.7 Å². The van der Waals surface area contributed by atoms with Gasteiger partial charge >= 0.3 is 0 Å². The molecule has 1 radical (unpaired) electrons. The highest BCUT2D eigenvalue weighted by Crippen LogP contribution is 2.35. The minimum Gasteiger partial charge on any atom is -0.497 e. The second kappa shape index (κ2) is 8.63. The van der Waals surface area contributed by atoms with E-state index in [2.05, 4.69) is 6.92 Å². The van der Waals surface area contributed by atoms with Crippen LogP contribution in [-0.4, -0.2) is 21.4 Å². The second-order valence-corrected chi connectivity index (χ2v) is 7.92. The number of furan rings is 1. The van der Waals surface area contributed by atoms with Gasteiger partial charge in [0, 0.05) is 34.8 Å². The highest BCUT2D eigenvalue weighted by molar-refractivity contribution is 7.72. The maximum atomic E-state index is 11.5. The maximum Gasteiger partial charge on any atom is 0.158 e. The number of hydrogen-bond acceptors (Lipinski definition) is 5. The zero-order valence-corrected chi connectivity index (χ0v) is 17.5. The molecule has 1 aromatic heterocycles. The zero-order chi connectivity index (χ0) is 21.1. The van der Waals surface area contributed by atoms with E-state index in [9.17, 15) is 8.42 Å². The molecule has 0 amide bonds. The molecule has 0 unspecified atom stereocenters. The largest absolute Gasteiger partial charge is 0.497 e. The molecule has 153 valence electrons. The molecule has 0 fully saturated rings. The van der Waals surface area contributed by atoms with Crippen LogP contribution in [0, 0.1) is 6.92 Å². The summed E-state index contributed by atoms with van der Waals surface area (Å²) in [4.78, 5) is 1.81. The Morgan fingerprint density at radius 2 is 1.73 bits per heavy atom. The van der Waals surface area contributed by atoms with Crippen LogP contribution in [0.2, 0.25) is 0 Å². The van der Waals surface area contributed by atoms with E-state index in [-0.39, 0.29) is 5.88 Å². The van der Waals surface area contributed by atoms with Gasteiger partial charge in [0.2, 0.25) is 0 Å². The summed E-state index contributed by atoms with van der Waals surface area (Å²) < 4.78 is 34.3. The second-order valence-electron chi connectivity index (χ2n) is 6.98. The van der Waals surface area contributed by atoms with Crippen LogP contribution in [0.4, 0.5) is 5.69 Å². The first-order valence-corrected chi connectivity index (χ1v) is 10.8. The molecular weight excluding hydrogens is 398 g/mol. The molecule has 0 aliphatic rings. The van der Waals surface area contributed by atoms with Crippen LogP contribution < -0.4 is 9.64 Å². The number of ether oxygens (including phenoxy) is 1. The standard InChI is InChI=1S/C24H22NO4S/c1-17-22-13-10-20(14-23(22)29-24(17)19-6-4-3-5-7-19)25(16-30(26)27)15-18-8-11-21(28-2)12-9-18/h3-14,30H,1,15-16H2,2H3. The molecule has 0 spiro atoms. The molecule has 3 aromatic carbocycles. The van der Waals surface area contributed by atoms with Crippen LogP contribution in [0.1, 0.15) is 11.1 Å². The quantitative estimate of drug-likeness (QED) is 0.433. The number of anilines is 1. The Kier molecular flexibility index (Phi) is 5.77. The molecule has 0 saturated heterocycles.